The largest absolute Gasteiger partial charge is 0.495 e. The molecule has 1 heterocycles. The molecule has 1 aliphatic heterocycles. The van der Waals surface area contributed by atoms with Gasteiger partial charge in [0.25, 0.3) is 0 Å². The quantitative estimate of drug-likeness (QED) is 0.879. The lowest BCUT2D eigenvalue weighted by Gasteiger charge is -2.27. The first kappa shape index (κ1) is 13.9. The summed E-state index contributed by atoms with van der Waals surface area (Å²) in [5.41, 5.74) is 1.86. The molecule has 0 radical (unpaired) electrons. The minimum atomic E-state index is 0.0430. The van der Waals surface area contributed by atoms with Gasteiger partial charge < -0.3 is 15.4 Å². The van der Waals surface area contributed by atoms with Gasteiger partial charge in [-0.1, -0.05) is 6.07 Å². The first-order valence-corrected chi connectivity index (χ1v) is 6.79. The highest BCUT2D eigenvalue weighted by molar-refractivity contribution is 5.94. The summed E-state index contributed by atoms with van der Waals surface area (Å²) in [7, 11) is 1.62. The summed E-state index contributed by atoms with van der Waals surface area (Å²) in [6.07, 6.45) is 1.98. The van der Waals surface area contributed by atoms with E-state index in [1.165, 1.54) is 0 Å². The summed E-state index contributed by atoms with van der Waals surface area (Å²) in [4.78, 5) is 12.2. The van der Waals surface area contributed by atoms with Crippen LogP contribution in [0.25, 0.3) is 0 Å². The van der Waals surface area contributed by atoms with Crippen molar-refractivity contribution in [1.29, 1.82) is 0 Å². The second-order valence-electron chi connectivity index (χ2n) is 5.28. The van der Waals surface area contributed by atoms with Gasteiger partial charge in [-0.25, -0.2) is 0 Å². The number of methoxy groups -OCH3 is 1. The zero-order valence-corrected chi connectivity index (χ0v) is 11.8. The molecule has 2 N–H and O–H groups in total. The van der Waals surface area contributed by atoms with Crippen LogP contribution in [0.3, 0.4) is 0 Å². The fourth-order valence-corrected chi connectivity index (χ4v) is 2.38. The van der Waals surface area contributed by atoms with E-state index < -0.39 is 0 Å². The molecule has 0 spiro atoms. The summed E-state index contributed by atoms with van der Waals surface area (Å²) in [5, 5.41) is 6.33. The number of aryl methyl sites for hydroxylation is 1. The van der Waals surface area contributed by atoms with Crippen molar-refractivity contribution in [3.05, 3.63) is 23.8 Å². The summed E-state index contributed by atoms with van der Waals surface area (Å²) in [5.74, 6) is 0.820. The highest BCUT2D eigenvalue weighted by Gasteiger charge is 2.24. The molecule has 2 rings (SSSR count). The van der Waals surface area contributed by atoms with E-state index in [1.807, 2.05) is 25.1 Å². The van der Waals surface area contributed by atoms with Crippen LogP contribution in [0, 0.1) is 12.8 Å². The molecule has 19 heavy (non-hydrogen) atoms. The number of anilines is 1. The smallest absolute Gasteiger partial charge is 0.228 e. The van der Waals surface area contributed by atoms with Crippen LogP contribution in [0.5, 0.6) is 5.75 Å². The van der Waals surface area contributed by atoms with Crippen LogP contribution in [0.15, 0.2) is 18.2 Å². The van der Waals surface area contributed by atoms with E-state index in [9.17, 15) is 4.79 Å². The van der Waals surface area contributed by atoms with Gasteiger partial charge in [0.15, 0.2) is 0 Å². The highest BCUT2D eigenvalue weighted by atomic mass is 16.5. The Balaban J connectivity index is 2.04. The third-order valence-corrected chi connectivity index (χ3v) is 3.64. The normalized spacial score (nSPS) is 22.9. The second kappa shape index (κ2) is 6.06. The molecular formula is C15H22N2O2. The molecule has 1 aromatic carbocycles. The van der Waals surface area contributed by atoms with Gasteiger partial charge in [-0.2, -0.15) is 0 Å². The van der Waals surface area contributed by atoms with Crippen molar-refractivity contribution < 1.29 is 9.53 Å². The molecule has 1 aliphatic rings. The number of hydrogen-bond donors (Lipinski definition) is 2. The minimum Gasteiger partial charge on any atom is -0.495 e. The number of carbonyl (C=O) groups excluding carboxylic acids is 1. The predicted molar refractivity (Wildman–Crippen MR) is 76.5 cm³/mol. The van der Waals surface area contributed by atoms with Crippen LogP contribution < -0.4 is 15.4 Å². The van der Waals surface area contributed by atoms with Gasteiger partial charge in [0.2, 0.25) is 5.91 Å². The number of hydrogen-bond acceptors (Lipinski definition) is 3. The van der Waals surface area contributed by atoms with E-state index in [2.05, 4.69) is 17.6 Å². The maximum atomic E-state index is 12.2. The molecule has 0 aromatic heterocycles. The number of ether oxygens (including phenoxy) is 1. The summed E-state index contributed by atoms with van der Waals surface area (Å²) >= 11 is 0. The van der Waals surface area contributed by atoms with Gasteiger partial charge in [0.1, 0.15) is 5.75 Å². The number of nitrogens with one attached hydrogen (secondary N) is 2. The fourth-order valence-electron chi connectivity index (χ4n) is 2.38. The van der Waals surface area contributed by atoms with E-state index in [0.717, 1.165) is 30.6 Å². The van der Waals surface area contributed by atoms with Crippen molar-refractivity contribution in [2.24, 2.45) is 5.92 Å². The van der Waals surface area contributed by atoms with Crippen LogP contribution in [0.2, 0.25) is 0 Å². The topological polar surface area (TPSA) is 50.4 Å². The Bertz CT molecular complexity index is 451. The van der Waals surface area contributed by atoms with Crippen molar-refractivity contribution >= 4 is 11.6 Å². The summed E-state index contributed by atoms with van der Waals surface area (Å²) in [6.45, 7) is 4.90. The van der Waals surface area contributed by atoms with Gasteiger partial charge in [-0.05, 0) is 44.4 Å². The third kappa shape index (κ3) is 3.47. The van der Waals surface area contributed by atoms with Crippen LogP contribution in [0.1, 0.15) is 25.3 Å². The van der Waals surface area contributed by atoms with Crippen molar-refractivity contribution in [2.45, 2.75) is 32.7 Å². The molecule has 1 saturated heterocycles. The van der Waals surface area contributed by atoms with Gasteiger partial charge in [0, 0.05) is 12.6 Å². The predicted octanol–water partition coefficient (Wildman–Crippen LogP) is 2.33. The standard InChI is InChI=1S/C15H22N2O2/c1-10-4-7-14(19-3)13(8-10)17-15(18)12-6-5-11(2)16-9-12/h4,7-8,11-12,16H,5-6,9H2,1-3H3,(H,17,18). The molecule has 0 aliphatic carbocycles. The second-order valence-corrected chi connectivity index (χ2v) is 5.28. The molecule has 2 unspecified atom stereocenters. The Morgan fingerprint density at radius 1 is 1.42 bits per heavy atom. The molecule has 1 aromatic rings. The monoisotopic (exact) mass is 262 g/mol. The van der Waals surface area contributed by atoms with Crippen LogP contribution in [0.4, 0.5) is 5.69 Å². The Labute approximate surface area is 114 Å². The van der Waals surface area contributed by atoms with E-state index in [0.29, 0.717) is 11.8 Å². The van der Waals surface area contributed by atoms with Gasteiger partial charge in [-0.15, -0.1) is 0 Å². The van der Waals surface area contributed by atoms with Crippen LogP contribution in [-0.4, -0.2) is 25.6 Å². The Kier molecular flexibility index (Phi) is 4.43. The number of piperidine rings is 1. The molecule has 0 bridgehead atoms. The molecule has 104 valence electrons. The first-order valence-electron chi connectivity index (χ1n) is 6.79. The Morgan fingerprint density at radius 3 is 2.84 bits per heavy atom. The maximum absolute atomic E-state index is 12.2. The zero-order chi connectivity index (χ0) is 13.8. The molecule has 2 atom stereocenters. The van der Waals surface area contributed by atoms with Crippen LogP contribution in [-0.2, 0) is 4.79 Å². The van der Waals surface area contributed by atoms with E-state index in [-0.39, 0.29) is 11.8 Å². The van der Waals surface area contributed by atoms with Gasteiger partial charge in [-0.3, -0.25) is 4.79 Å². The van der Waals surface area contributed by atoms with Crippen molar-refractivity contribution in [2.75, 3.05) is 19.0 Å². The van der Waals surface area contributed by atoms with Crippen molar-refractivity contribution in [3.8, 4) is 5.75 Å². The van der Waals surface area contributed by atoms with Crippen molar-refractivity contribution in [3.63, 3.8) is 0 Å². The Hall–Kier alpha value is -1.55. The molecule has 4 nitrogen and oxygen atoms in total. The third-order valence-electron chi connectivity index (χ3n) is 3.64. The van der Waals surface area contributed by atoms with Gasteiger partial charge in [0.05, 0.1) is 18.7 Å². The van der Waals surface area contributed by atoms with Gasteiger partial charge >= 0.3 is 0 Å². The Morgan fingerprint density at radius 2 is 2.21 bits per heavy atom. The van der Waals surface area contributed by atoms with E-state index >= 15 is 0 Å². The SMILES string of the molecule is COc1ccc(C)cc1NC(=O)C1CCC(C)NC1. The number of carbonyl (C=O) groups is 1. The number of rotatable bonds is 3. The molecule has 0 saturated carbocycles. The van der Waals surface area contributed by atoms with Crippen molar-refractivity contribution in [1.82, 2.24) is 5.32 Å². The highest BCUT2D eigenvalue weighted by Crippen LogP contribution is 2.26. The number of benzene rings is 1. The average Bonchev–Trinajstić information content (AvgIpc) is 2.39. The van der Waals surface area contributed by atoms with E-state index in [4.69, 9.17) is 4.74 Å². The molecule has 1 amide bonds. The minimum absolute atomic E-state index is 0.0430. The summed E-state index contributed by atoms with van der Waals surface area (Å²) in [6, 6.07) is 6.30. The van der Waals surface area contributed by atoms with E-state index in [1.54, 1.807) is 7.11 Å². The molecule has 4 heteroatoms. The summed E-state index contributed by atoms with van der Waals surface area (Å²) < 4.78 is 5.28. The first-order chi connectivity index (χ1) is 9.10. The number of amides is 1. The molecular weight excluding hydrogens is 240 g/mol. The lowest BCUT2D eigenvalue weighted by molar-refractivity contribution is -0.120. The average molecular weight is 262 g/mol. The lowest BCUT2D eigenvalue weighted by Crippen LogP contribution is -2.41. The maximum Gasteiger partial charge on any atom is 0.228 e. The fraction of sp³-hybridized carbons (Fsp3) is 0.533. The zero-order valence-electron chi connectivity index (χ0n) is 11.8. The van der Waals surface area contributed by atoms with Crippen LogP contribution >= 0.6 is 0 Å². The molecule has 1 fully saturated rings. The lowest BCUT2D eigenvalue weighted by atomic mass is 9.94.